The van der Waals surface area contributed by atoms with E-state index in [1.165, 1.54) is 0 Å². The molecule has 1 heterocycles. The molecule has 0 spiro atoms. The Hall–Kier alpha value is -1.25. The fourth-order valence-corrected chi connectivity index (χ4v) is 1.86. The van der Waals surface area contributed by atoms with Crippen molar-refractivity contribution in [2.24, 2.45) is 0 Å². The second-order valence-corrected chi connectivity index (χ2v) is 4.31. The molecule has 0 saturated carbocycles. The number of nitrogens with one attached hydrogen (secondary N) is 1. The van der Waals surface area contributed by atoms with Gasteiger partial charge in [-0.15, -0.1) is 0 Å². The van der Waals surface area contributed by atoms with E-state index in [4.69, 9.17) is 16.0 Å². The van der Waals surface area contributed by atoms with Gasteiger partial charge in [0.1, 0.15) is 11.3 Å². The average Bonchev–Trinajstić information content (AvgIpc) is 2.70. The quantitative estimate of drug-likeness (QED) is 0.807. The van der Waals surface area contributed by atoms with E-state index >= 15 is 0 Å². The Bertz CT molecular complexity index is 516. The number of furan rings is 1. The van der Waals surface area contributed by atoms with Gasteiger partial charge in [-0.1, -0.05) is 24.6 Å². The van der Waals surface area contributed by atoms with Crippen LogP contribution < -0.4 is 5.32 Å². The van der Waals surface area contributed by atoms with Gasteiger partial charge in [-0.3, -0.25) is 0 Å². The Morgan fingerprint density at radius 2 is 2.24 bits per heavy atom. The van der Waals surface area contributed by atoms with Crippen LogP contribution in [0.5, 0.6) is 0 Å². The summed E-state index contributed by atoms with van der Waals surface area (Å²) in [6.07, 6.45) is 5.12. The molecule has 17 heavy (non-hydrogen) atoms. The molecule has 0 aliphatic carbocycles. The molecule has 2 rings (SSSR count). The van der Waals surface area contributed by atoms with Crippen molar-refractivity contribution in [3.63, 3.8) is 0 Å². The van der Waals surface area contributed by atoms with E-state index in [1.54, 1.807) is 0 Å². The highest BCUT2D eigenvalue weighted by atomic mass is 35.5. The van der Waals surface area contributed by atoms with Crippen LogP contribution in [0.25, 0.3) is 17.0 Å². The molecule has 0 radical (unpaired) electrons. The lowest BCUT2D eigenvalue weighted by Crippen LogP contribution is -2.12. The van der Waals surface area contributed by atoms with Gasteiger partial charge in [0.2, 0.25) is 0 Å². The van der Waals surface area contributed by atoms with Gasteiger partial charge in [0.05, 0.1) is 0 Å². The molecule has 0 aliphatic heterocycles. The summed E-state index contributed by atoms with van der Waals surface area (Å²) < 4.78 is 5.66. The summed E-state index contributed by atoms with van der Waals surface area (Å²) in [7, 11) is 0. The third kappa shape index (κ3) is 3.35. The van der Waals surface area contributed by atoms with E-state index in [0.29, 0.717) is 0 Å². The van der Waals surface area contributed by atoms with Crippen molar-refractivity contribution in [1.29, 1.82) is 0 Å². The molecule has 90 valence electrons. The second kappa shape index (κ2) is 5.89. The van der Waals surface area contributed by atoms with Gasteiger partial charge in [-0.2, -0.15) is 0 Å². The van der Waals surface area contributed by atoms with Crippen LogP contribution in [-0.2, 0) is 0 Å². The first-order chi connectivity index (χ1) is 8.29. The smallest absolute Gasteiger partial charge is 0.134 e. The Morgan fingerprint density at radius 3 is 3.06 bits per heavy atom. The largest absolute Gasteiger partial charge is 0.457 e. The minimum atomic E-state index is 0.737. The molecular formula is C14H16ClNO. The Balaban J connectivity index is 2.04. The van der Waals surface area contributed by atoms with Gasteiger partial charge in [-0.25, -0.2) is 0 Å². The lowest BCUT2D eigenvalue weighted by molar-refractivity contribution is 0.604. The van der Waals surface area contributed by atoms with Gasteiger partial charge in [-0.05, 0) is 49.9 Å². The zero-order valence-electron chi connectivity index (χ0n) is 9.87. The molecule has 0 bridgehead atoms. The number of fused-ring (bicyclic) bond motifs is 1. The van der Waals surface area contributed by atoms with Crippen LogP contribution in [-0.4, -0.2) is 13.1 Å². The maximum atomic E-state index is 5.92. The van der Waals surface area contributed by atoms with Crippen LogP contribution in [0.15, 0.2) is 34.8 Å². The average molecular weight is 250 g/mol. The summed E-state index contributed by atoms with van der Waals surface area (Å²) in [5, 5.41) is 5.05. The van der Waals surface area contributed by atoms with Crippen molar-refractivity contribution in [2.75, 3.05) is 13.1 Å². The number of benzene rings is 1. The lowest BCUT2D eigenvalue weighted by atomic mass is 10.2. The monoisotopic (exact) mass is 249 g/mol. The van der Waals surface area contributed by atoms with Crippen molar-refractivity contribution in [3.8, 4) is 0 Å². The fraction of sp³-hybridized carbons (Fsp3) is 0.286. The zero-order valence-corrected chi connectivity index (χ0v) is 10.6. The van der Waals surface area contributed by atoms with E-state index in [2.05, 4.69) is 18.3 Å². The maximum Gasteiger partial charge on any atom is 0.134 e. The van der Waals surface area contributed by atoms with Gasteiger partial charge < -0.3 is 9.73 Å². The van der Waals surface area contributed by atoms with Gasteiger partial charge in [0.25, 0.3) is 0 Å². The molecule has 3 heteroatoms. The molecule has 2 aromatic rings. The lowest BCUT2D eigenvalue weighted by Gasteiger charge is -1.94. The van der Waals surface area contributed by atoms with Crippen LogP contribution in [0, 0.1) is 0 Å². The minimum Gasteiger partial charge on any atom is -0.457 e. The topological polar surface area (TPSA) is 25.2 Å². The van der Waals surface area contributed by atoms with E-state index in [0.717, 1.165) is 41.3 Å². The van der Waals surface area contributed by atoms with Crippen LogP contribution >= 0.6 is 11.6 Å². The highest BCUT2D eigenvalue weighted by Gasteiger charge is 2.01. The zero-order chi connectivity index (χ0) is 12.1. The summed E-state index contributed by atoms with van der Waals surface area (Å²) in [5.41, 5.74) is 0.876. The third-order valence-electron chi connectivity index (χ3n) is 2.52. The third-order valence-corrected chi connectivity index (χ3v) is 2.75. The molecule has 1 aromatic carbocycles. The summed E-state index contributed by atoms with van der Waals surface area (Å²) >= 11 is 5.92. The molecule has 1 aromatic heterocycles. The van der Waals surface area contributed by atoms with Crippen molar-refractivity contribution in [1.82, 2.24) is 5.32 Å². The first-order valence-corrected chi connectivity index (χ1v) is 6.24. The van der Waals surface area contributed by atoms with Gasteiger partial charge in [0.15, 0.2) is 0 Å². The van der Waals surface area contributed by atoms with E-state index in [1.807, 2.05) is 30.3 Å². The highest BCUT2D eigenvalue weighted by molar-refractivity contribution is 6.31. The summed E-state index contributed by atoms with van der Waals surface area (Å²) in [4.78, 5) is 0. The highest BCUT2D eigenvalue weighted by Crippen LogP contribution is 2.23. The number of halogens is 1. The molecular weight excluding hydrogens is 234 g/mol. The first kappa shape index (κ1) is 12.2. The Morgan fingerprint density at radius 1 is 1.35 bits per heavy atom. The summed E-state index contributed by atoms with van der Waals surface area (Å²) in [6.45, 7) is 4.11. The Labute approximate surface area is 106 Å². The van der Waals surface area contributed by atoms with E-state index < -0.39 is 0 Å². The fourth-order valence-electron chi connectivity index (χ4n) is 1.68. The van der Waals surface area contributed by atoms with Gasteiger partial charge >= 0.3 is 0 Å². The predicted molar refractivity (Wildman–Crippen MR) is 73.4 cm³/mol. The molecule has 0 aliphatic rings. The molecule has 0 amide bonds. The first-order valence-electron chi connectivity index (χ1n) is 5.86. The number of hydrogen-bond donors (Lipinski definition) is 1. The van der Waals surface area contributed by atoms with Crippen LogP contribution in [0.2, 0.25) is 5.02 Å². The SMILES string of the molecule is CCNCC/C=C/c1cc2cc(Cl)ccc2o1. The molecule has 1 N–H and O–H groups in total. The van der Waals surface area contributed by atoms with Crippen molar-refractivity contribution in [3.05, 3.63) is 41.1 Å². The van der Waals surface area contributed by atoms with Crippen molar-refractivity contribution < 1.29 is 4.42 Å². The molecule has 0 unspecified atom stereocenters. The second-order valence-electron chi connectivity index (χ2n) is 3.88. The van der Waals surface area contributed by atoms with E-state index in [9.17, 15) is 0 Å². The van der Waals surface area contributed by atoms with Crippen molar-refractivity contribution in [2.45, 2.75) is 13.3 Å². The Kier molecular flexibility index (Phi) is 4.24. The maximum absolute atomic E-state index is 5.92. The standard InChI is InChI=1S/C14H16ClNO/c1-2-16-8-4-3-5-13-10-11-9-12(15)6-7-14(11)17-13/h3,5-7,9-10,16H,2,4,8H2,1H3/b5-3+. The number of rotatable bonds is 5. The molecule has 0 saturated heterocycles. The van der Waals surface area contributed by atoms with E-state index in [-0.39, 0.29) is 0 Å². The van der Waals surface area contributed by atoms with Gasteiger partial charge in [0, 0.05) is 10.4 Å². The van der Waals surface area contributed by atoms with Crippen molar-refractivity contribution >= 4 is 28.6 Å². The predicted octanol–water partition coefficient (Wildman–Crippen LogP) is 4.10. The summed E-state index contributed by atoms with van der Waals surface area (Å²) in [6, 6.07) is 7.65. The van der Waals surface area contributed by atoms with Crippen LogP contribution in [0.1, 0.15) is 19.1 Å². The normalized spacial score (nSPS) is 11.6. The molecule has 0 fully saturated rings. The summed E-state index contributed by atoms with van der Waals surface area (Å²) in [5.74, 6) is 0.874. The minimum absolute atomic E-state index is 0.737. The van der Waals surface area contributed by atoms with Crippen LogP contribution in [0.3, 0.4) is 0 Å². The molecule has 0 atom stereocenters. The molecule has 2 nitrogen and oxygen atoms in total. The van der Waals surface area contributed by atoms with Crippen LogP contribution in [0.4, 0.5) is 0 Å². The number of hydrogen-bond acceptors (Lipinski definition) is 2.